The van der Waals surface area contributed by atoms with Crippen molar-refractivity contribution in [1.82, 2.24) is 5.32 Å². The van der Waals surface area contributed by atoms with E-state index in [9.17, 15) is 13.2 Å². The number of anilines is 1. The Morgan fingerprint density at radius 2 is 1.59 bits per heavy atom. The van der Waals surface area contributed by atoms with Crippen molar-refractivity contribution in [3.63, 3.8) is 0 Å². The highest BCUT2D eigenvalue weighted by Crippen LogP contribution is 2.32. The standard InChI is InChI=1S/C25H28N2O4S/c1-19-13-15-22(16-14-19)32(29,30)27(23-11-7-8-12-24(23)31-3)18-25(28)26-17-20(2)21-9-5-4-6-10-21/h4-16,20H,17-18H2,1-3H3,(H,26,28)/t20-/m1/s1. The number of benzene rings is 3. The van der Waals surface area contributed by atoms with E-state index in [1.165, 1.54) is 7.11 Å². The summed E-state index contributed by atoms with van der Waals surface area (Å²) in [5.41, 5.74) is 2.35. The van der Waals surface area contributed by atoms with Crippen LogP contribution in [-0.2, 0) is 14.8 Å². The smallest absolute Gasteiger partial charge is 0.264 e. The molecule has 0 bridgehead atoms. The van der Waals surface area contributed by atoms with E-state index in [4.69, 9.17) is 4.74 Å². The molecule has 1 N–H and O–H groups in total. The van der Waals surface area contributed by atoms with Crippen LogP contribution in [-0.4, -0.2) is 34.5 Å². The first-order chi connectivity index (χ1) is 15.3. The van der Waals surface area contributed by atoms with Crippen molar-refractivity contribution in [3.05, 3.63) is 90.0 Å². The predicted molar refractivity (Wildman–Crippen MR) is 127 cm³/mol. The molecule has 0 saturated carbocycles. The van der Waals surface area contributed by atoms with Crippen LogP contribution in [0.5, 0.6) is 5.75 Å². The van der Waals surface area contributed by atoms with Gasteiger partial charge in [0.15, 0.2) is 0 Å². The van der Waals surface area contributed by atoms with Crippen LogP contribution in [0.15, 0.2) is 83.8 Å². The average molecular weight is 453 g/mol. The zero-order valence-corrected chi connectivity index (χ0v) is 19.3. The average Bonchev–Trinajstić information content (AvgIpc) is 2.81. The van der Waals surface area contributed by atoms with Crippen LogP contribution in [0.3, 0.4) is 0 Å². The first-order valence-electron chi connectivity index (χ1n) is 10.4. The van der Waals surface area contributed by atoms with Crippen molar-refractivity contribution in [2.75, 3.05) is 24.5 Å². The van der Waals surface area contributed by atoms with Crippen LogP contribution in [0.4, 0.5) is 5.69 Å². The number of rotatable bonds is 9. The summed E-state index contributed by atoms with van der Waals surface area (Å²) in [6, 6.07) is 23.2. The molecular weight excluding hydrogens is 424 g/mol. The molecule has 0 aliphatic rings. The van der Waals surface area contributed by atoms with E-state index in [1.54, 1.807) is 48.5 Å². The van der Waals surface area contributed by atoms with Gasteiger partial charge < -0.3 is 10.1 Å². The Bertz CT molecular complexity index is 1150. The van der Waals surface area contributed by atoms with Gasteiger partial charge in [-0.2, -0.15) is 0 Å². The third-order valence-electron chi connectivity index (χ3n) is 5.22. The summed E-state index contributed by atoms with van der Waals surface area (Å²) < 4.78 is 33.5. The second-order valence-electron chi connectivity index (χ2n) is 7.61. The van der Waals surface area contributed by atoms with Crippen LogP contribution < -0.4 is 14.4 Å². The molecule has 0 fully saturated rings. The molecule has 1 amide bonds. The Morgan fingerprint density at radius 1 is 0.969 bits per heavy atom. The van der Waals surface area contributed by atoms with E-state index in [0.29, 0.717) is 18.0 Å². The van der Waals surface area contributed by atoms with Crippen molar-refractivity contribution in [2.24, 2.45) is 0 Å². The molecule has 0 aromatic heterocycles. The Labute approximate surface area is 189 Å². The number of nitrogens with zero attached hydrogens (tertiary/aromatic N) is 1. The van der Waals surface area contributed by atoms with Crippen molar-refractivity contribution in [3.8, 4) is 5.75 Å². The first kappa shape index (κ1) is 23.3. The van der Waals surface area contributed by atoms with Crippen LogP contribution in [0.1, 0.15) is 24.0 Å². The molecule has 3 aromatic carbocycles. The topological polar surface area (TPSA) is 75.7 Å². The van der Waals surface area contributed by atoms with Gasteiger partial charge >= 0.3 is 0 Å². The normalized spacial score (nSPS) is 12.1. The number of carbonyl (C=O) groups is 1. The second-order valence-corrected chi connectivity index (χ2v) is 9.47. The van der Waals surface area contributed by atoms with Crippen molar-refractivity contribution >= 4 is 21.6 Å². The molecule has 0 saturated heterocycles. The molecule has 3 rings (SSSR count). The fourth-order valence-electron chi connectivity index (χ4n) is 3.33. The number of amides is 1. The molecule has 168 valence electrons. The van der Waals surface area contributed by atoms with E-state index in [0.717, 1.165) is 15.4 Å². The minimum atomic E-state index is -4.00. The Balaban J connectivity index is 1.86. The van der Waals surface area contributed by atoms with E-state index in [1.807, 2.05) is 44.2 Å². The highest BCUT2D eigenvalue weighted by Gasteiger charge is 2.29. The zero-order valence-electron chi connectivity index (χ0n) is 18.5. The molecule has 0 spiro atoms. The maximum absolute atomic E-state index is 13.5. The highest BCUT2D eigenvalue weighted by molar-refractivity contribution is 7.92. The number of methoxy groups -OCH3 is 1. The fourth-order valence-corrected chi connectivity index (χ4v) is 4.76. The number of carbonyl (C=O) groups excluding carboxylic acids is 1. The molecule has 0 heterocycles. The molecule has 1 atom stereocenters. The molecule has 6 nitrogen and oxygen atoms in total. The number of ether oxygens (including phenoxy) is 1. The number of sulfonamides is 1. The van der Waals surface area contributed by atoms with Crippen LogP contribution in [0.25, 0.3) is 0 Å². The van der Waals surface area contributed by atoms with Crippen LogP contribution >= 0.6 is 0 Å². The Kier molecular flexibility index (Phi) is 7.53. The van der Waals surface area contributed by atoms with Gasteiger partial charge in [0.2, 0.25) is 5.91 Å². The molecule has 0 radical (unpaired) electrons. The van der Waals surface area contributed by atoms with Crippen molar-refractivity contribution in [1.29, 1.82) is 0 Å². The summed E-state index contributed by atoms with van der Waals surface area (Å²) in [5, 5.41) is 2.87. The first-order valence-corrected chi connectivity index (χ1v) is 11.8. The van der Waals surface area contributed by atoms with Crippen molar-refractivity contribution in [2.45, 2.75) is 24.7 Å². The molecule has 7 heteroatoms. The maximum atomic E-state index is 13.5. The quantitative estimate of drug-likeness (QED) is 0.530. The molecule has 0 aliphatic carbocycles. The number of hydrogen-bond donors (Lipinski definition) is 1. The van der Waals surface area contributed by atoms with Crippen LogP contribution in [0.2, 0.25) is 0 Å². The summed E-state index contributed by atoms with van der Waals surface area (Å²) in [5.74, 6) is 0.0663. The lowest BCUT2D eigenvalue weighted by atomic mass is 10.0. The number of para-hydroxylation sites is 2. The van der Waals surface area contributed by atoms with Gasteiger partial charge in [-0.05, 0) is 42.7 Å². The third-order valence-corrected chi connectivity index (χ3v) is 7.00. The van der Waals surface area contributed by atoms with Gasteiger partial charge in [-0.25, -0.2) is 8.42 Å². The summed E-state index contributed by atoms with van der Waals surface area (Å²) in [4.78, 5) is 12.9. The van der Waals surface area contributed by atoms with Gasteiger partial charge in [-0.3, -0.25) is 9.10 Å². The number of aryl methyl sites for hydroxylation is 1. The largest absolute Gasteiger partial charge is 0.495 e. The lowest BCUT2D eigenvalue weighted by Crippen LogP contribution is -2.42. The zero-order chi connectivity index (χ0) is 23.1. The third kappa shape index (κ3) is 5.48. The highest BCUT2D eigenvalue weighted by atomic mass is 32.2. The van der Waals surface area contributed by atoms with E-state index >= 15 is 0 Å². The molecular formula is C25H28N2O4S. The number of hydrogen-bond acceptors (Lipinski definition) is 4. The Hall–Kier alpha value is -3.32. The molecule has 0 unspecified atom stereocenters. The van der Waals surface area contributed by atoms with Gasteiger partial charge in [0, 0.05) is 6.54 Å². The van der Waals surface area contributed by atoms with Gasteiger partial charge in [-0.1, -0.05) is 67.1 Å². The summed E-state index contributed by atoms with van der Waals surface area (Å²) in [6.07, 6.45) is 0. The minimum Gasteiger partial charge on any atom is -0.495 e. The van der Waals surface area contributed by atoms with E-state index < -0.39 is 15.9 Å². The number of nitrogens with one attached hydrogen (secondary N) is 1. The molecule has 0 aliphatic heterocycles. The summed E-state index contributed by atoms with van der Waals surface area (Å²) in [6.45, 7) is 3.93. The van der Waals surface area contributed by atoms with Gasteiger partial charge in [0.25, 0.3) is 10.0 Å². The van der Waals surface area contributed by atoms with Crippen LogP contribution in [0, 0.1) is 6.92 Å². The fraction of sp³-hybridized carbons (Fsp3) is 0.240. The Morgan fingerprint density at radius 3 is 2.25 bits per heavy atom. The maximum Gasteiger partial charge on any atom is 0.264 e. The van der Waals surface area contributed by atoms with Crippen molar-refractivity contribution < 1.29 is 17.9 Å². The lowest BCUT2D eigenvalue weighted by molar-refractivity contribution is -0.119. The second kappa shape index (κ2) is 10.3. The lowest BCUT2D eigenvalue weighted by Gasteiger charge is -2.26. The monoisotopic (exact) mass is 452 g/mol. The van der Waals surface area contributed by atoms with Gasteiger partial charge in [-0.15, -0.1) is 0 Å². The summed E-state index contributed by atoms with van der Waals surface area (Å²) >= 11 is 0. The minimum absolute atomic E-state index is 0.0913. The van der Waals surface area contributed by atoms with E-state index in [-0.39, 0.29) is 17.4 Å². The SMILES string of the molecule is COc1ccccc1N(CC(=O)NC[C@@H](C)c1ccccc1)S(=O)(=O)c1ccc(C)cc1. The summed E-state index contributed by atoms with van der Waals surface area (Å²) in [7, 11) is -2.53. The van der Waals surface area contributed by atoms with E-state index in [2.05, 4.69) is 5.32 Å². The molecule has 3 aromatic rings. The van der Waals surface area contributed by atoms with Gasteiger partial charge in [0.05, 0.1) is 17.7 Å². The predicted octanol–water partition coefficient (Wildman–Crippen LogP) is 4.12. The molecule has 32 heavy (non-hydrogen) atoms. The van der Waals surface area contributed by atoms with Gasteiger partial charge in [0.1, 0.15) is 12.3 Å².